The fourth-order valence-corrected chi connectivity index (χ4v) is 2.30. The maximum Gasteiger partial charge on any atom is 0.258 e. The molecule has 0 aliphatic heterocycles. The lowest BCUT2D eigenvalue weighted by molar-refractivity contribution is 0.117. The molecule has 0 aliphatic carbocycles. The molecular formula is C6H7BrClF2NS. The second kappa shape index (κ2) is 5.11. The molecule has 1 heterocycles. The minimum absolute atomic E-state index is 0. The molecular weight excluding hydrogens is 271 g/mol. The minimum atomic E-state index is -2.50. The van der Waals surface area contributed by atoms with E-state index < -0.39 is 12.5 Å². The summed E-state index contributed by atoms with van der Waals surface area (Å²) in [4.78, 5) is 0.500. The molecule has 0 amide bonds. The van der Waals surface area contributed by atoms with E-state index in [-0.39, 0.29) is 12.4 Å². The Hall–Kier alpha value is 0.290. The zero-order chi connectivity index (χ0) is 8.43. The van der Waals surface area contributed by atoms with E-state index in [0.29, 0.717) is 9.35 Å². The lowest BCUT2D eigenvalue weighted by Gasteiger charge is -2.07. The quantitative estimate of drug-likeness (QED) is 0.883. The van der Waals surface area contributed by atoms with Crippen LogP contribution in [-0.4, -0.2) is 6.43 Å². The van der Waals surface area contributed by atoms with Crippen molar-refractivity contribution in [1.82, 2.24) is 0 Å². The number of thiophene rings is 1. The van der Waals surface area contributed by atoms with Gasteiger partial charge in [0.25, 0.3) is 6.43 Å². The van der Waals surface area contributed by atoms with Gasteiger partial charge in [-0.2, -0.15) is 0 Å². The van der Waals surface area contributed by atoms with E-state index in [1.165, 1.54) is 11.3 Å². The molecule has 0 aromatic carbocycles. The van der Waals surface area contributed by atoms with Gasteiger partial charge in [0.2, 0.25) is 0 Å². The first kappa shape index (κ1) is 12.3. The van der Waals surface area contributed by atoms with Crippen LogP contribution in [0, 0.1) is 0 Å². The zero-order valence-corrected chi connectivity index (χ0v) is 9.06. The van der Waals surface area contributed by atoms with E-state index in [1.54, 1.807) is 11.4 Å². The van der Waals surface area contributed by atoms with Gasteiger partial charge in [0.05, 0.1) is 0 Å². The molecule has 0 radical (unpaired) electrons. The Bertz CT molecular complexity index is 243. The molecule has 12 heavy (non-hydrogen) atoms. The van der Waals surface area contributed by atoms with Crippen LogP contribution >= 0.6 is 39.7 Å². The molecule has 1 aromatic rings. The predicted octanol–water partition coefficient (Wildman–Crippen LogP) is 3.20. The Morgan fingerprint density at radius 1 is 1.50 bits per heavy atom. The van der Waals surface area contributed by atoms with Gasteiger partial charge >= 0.3 is 0 Å². The largest absolute Gasteiger partial charge is 0.319 e. The van der Waals surface area contributed by atoms with Crippen molar-refractivity contribution in [3.05, 3.63) is 20.8 Å². The number of nitrogens with two attached hydrogens (primary N) is 1. The van der Waals surface area contributed by atoms with Crippen molar-refractivity contribution in [2.45, 2.75) is 12.5 Å². The molecule has 0 fully saturated rings. The van der Waals surface area contributed by atoms with Crippen molar-refractivity contribution < 1.29 is 8.78 Å². The highest BCUT2D eigenvalue weighted by Gasteiger charge is 2.20. The third-order valence-electron chi connectivity index (χ3n) is 1.22. The van der Waals surface area contributed by atoms with Crippen molar-refractivity contribution in [2.75, 3.05) is 0 Å². The average Bonchev–Trinajstić information content (AvgIpc) is 2.33. The van der Waals surface area contributed by atoms with Gasteiger partial charge in [-0.15, -0.1) is 23.7 Å². The van der Waals surface area contributed by atoms with Crippen molar-refractivity contribution >= 4 is 39.7 Å². The predicted molar refractivity (Wildman–Crippen MR) is 52.2 cm³/mol. The van der Waals surface area contributed by atoms with E-state index in [0.717, 1.165) is 0 Å². The minimum Gasteiger partial charge on any atom is -0.319 e. The second-order valence-electron chi connectivity index (χ2n) is 1.99. The molecule has 0 saturated heterocycles. The third-order valence-corrected chi connectivity index (χ3v) is 3.19. The number of halogens is 4. The van der Waals surface area contributed by atoms with Crippen molar-refractivity contribution in [2.24, 2.45) is 5.73 Å². The first-order valence-electron chi connectivity index (χ1n) is 2.89. The van der Waals surface area contributed by atoms with E-state index >= 15 is 0 Å². The summed E-state index contributed by atoms with van der Waals surface area (Å²) >= 11 is 4.37. The number of rotatable bonds is 2. The molecule has 70 valence electrons. The van der Waals surface area contributed by atoms with Crippen LogP contribution in [0.1, 0.15) is 10.9 Å². The highest BCUT2D eigenvalue weighted by molar-refractivity contribution is 9.10. The van der Waals surface area contributed by atoms with E-state index in [4.69, 9.17) is 5.73 Å². The Kier molecular flexibility index (Phi) is 5.24. The Labute approximate surface area is 87.5 Å². The van der Waals surface area contributed by atoms with Gasteiger partial charge in [-0.05, 0) is 27.4 Å². The number of hydrogen-bond acceptors (Lipinski definition) is 2. The molecule has 1 nitrogen and oxygen atoms in total. The van der Waals surface area contributed by atoms with Crippen LogP contribution < -0.4 is 5.73 Å². The van der Waals surface area contributed by atoms with Crippen LogP contribution in [0.3, 0.4) is 0 Å². The zero-order valence-electron chi connectivity index (χ0n) is 5.84. The summed E-state index contributed by atoms with van der Waals surface area (Å²) < 4.78 is 24.7. The first-order chi connectivity index (χ1) is 5.13. The van der Waals surface area contributed by atoms with Gasteiger partial charge in [0.1, 0.15) is 6.04 Å². The fourth-order valence-electron chi connectivity index (χ4n) is 0.658. The summed E-state index contributed by atoms with van der Waals surface area (Å²) in [6.07, 6.45) is -2.50. The summed E-state index contributed by atoms with van der Waals surface area (Å²) in [6.45, 7) is 0. The standard InChI is InChI=1S/C6H6BrF2NS.ClH/c7-3-1-2-11-5(3)4(10)6(8)9;/h1-2,4,6H,10H2;1H/t4-;/m0./s1. The first-order valence-corrected chi connectivity index (χ1v) is 4.57. The maximum atomic E-state index is 12.0. The van der Waals surface area contributed by atoms with Crippen LogP contribution in [0.15, 0.2) is 15.9 Å². The molecule has 6 heteroatoms. The maximum absolute atomic E-state index is 12.0. The van der Waals surface area contributed by atoms with Gasteiger partial charge in [-0.1, -0.05) is 0 Å². The smallest absolute Gasteiger partial charge is 0.258 e. The van der Waals surface area contributed by atoms with Crippen molar-refractivity contribution in [1.29, 1.82) is 0 Å². The molecule has 0 spiro atoms. The lowest BCUT2D eigenvalue weighted by atomic mass is 10.3. The molecule has 0 bridgehead atoms. The van der Waals surface area contributed by atoms with Crippen molar-refractivity contribution in [3.8, 4) is 0 Å². The van der Waals surface area contributed by atoms with Crippen LogP contribution in [-0.2, 0) is 0 Å². The second-order valence-corrected chi connectivity index (χ2v) is 3.80. The normalized spacial score (nSPS) is 12.8. The summed E-state index contributed by atoms with van der Waals surface area (Å²) in [7, 11) is 0. The van der Waals surface area contributed by atoms with Crippen LogP contribution in [0.2, 0.25) is 0 Å². The Balaban J connectivity index is 0.00000121. The van der Waals surface area contributed by atoms with Gasteiger partial charge in [0, 0.05) is 9.35 Å². The number of hydrogen-bond donors (Lipinski definition) is 1. The highest BCUT2D eigenvalue weighted by Crippen LogP contribution is 2.30. The summed E-state index contributed by atoms with van der Waals surface area (Å²) in [5.41, 5.74) is 5.21. The Morgan fingerprint density at radius 3 is 2.42 bits per heavy atom. The molecule has 1 rings (SSSR count). The SMILES string of the molecule is Cl.N[C@@H](c1sccc1Br)C(F)F. The van der Waals surface area contributed by atoms with Gasteiger partial charge in [-0.25, -0.2) is 8.78 Å². The van der Waals surface area contributed by atoms with E-state index in [1.807, 2.05) is 0 Å². The lowest BCUT2D eigenvalue weighted by Crippen LogP contribution is -2.17. The van der Waals surface area contributed by atoms with Crippen molar-refractivity contribution in [3.63, 3.8) is 0 Å². The fraction of sp³-hybridized carbons (Fsp3) is 0.333. The average molecular weight is 279 g/mol. The third kappa shape index (κ3) is 2.65. The van der Waals surface area contributed by atoms with Crippen LogP contribution in [0.5, 0.6) is 0 Å². The molecule has 0 aliphatic rings. The van der Waals surface area contributed by atoms with Crippen LogP contribution in [0.25, 0.3) is 0 Å². The molecule has 0 saturated carbocycles. The Morgan fingerprint density at radius 2 is 2.08 bits per heavy atom. The highest BCUT2D eigenvalue weighted by atomic mass is 79.9. The monoisotopic (exact) mass is 277 g/mol. The van der Waals surface area contributed by atoms with Gasteiger partial charge in [-0.3, -0.25) is 0 Å². The van der Waals surface area contributed by atoms with E-state index in [2.05, 4.69) is 15.9 Å². The molecule has 1 atom stereocenters. The van der Waals surface area contributed by atoms with Gasteiger partial charge in [0.15, 0.2) is 0 Å². The molecule has 1 aromatic heterocycles. The van der Waals surface area contributed by atoms with Crippen LogP contribution in [0.4, 0.5) is 8.78 Å². The van der Waals surface area contributed by atoms with E-state index in [9.17, 15) is 8.78 Å². The summed E-state index contributed by atoms with van der Waals surface area (Å²) in [6, 6.07) is 0.548. The topological polar surface area (TPSA) is 26.0 Å². The van der Waals surface area contributed by atoms with Gasteiger partial charge < -0.3 is 5.73 Å². The molecule has 0 unspecified atom stereocenters. The molecule has 2 N–H and O–H groups in total. The summed E-state index contributed by atoms with van der Waals surface area (Å²) in [5, 5.41) is 1.72. The number of alkyl halides is 2. The summed E-state index contributed by atoms with van der Waals surface area (Å²) in [5.74, 6) is 0.